The van der Waals surface area contributed by atoms with Gasteiger partial charge in [-0.2, -0.15) is 0 Å². The zero-order valence-electron chi connectivity index (χ0n) is 10.8. The maximum Gasteiger partial charge on any atom is 0.126 e. The third-order valence-corrected chi connectivity index (χ3v) is 3.30. The molecule has 2 rings (SSSR count). The van der Waals surface area contributed by atoms with E-state index < -0.39 is 0 Å². The minimum absolute atomic E-state index is 0.153. The quantitative estimate of drug-likeness (QED) is 0.899. The minimum Gasteiger partial charge on any atom is -0.334 e. The van der Waals surface area contributed by atoms with Crippen molar-refractivity contribution in [3.8, 4) is 0 Å². The Morgan fingerprint density at radius 1 is 1.28 bits per heavy atom. The van der Waals surface area contributed by atoms with Crippen molar-refractivity contribution in [1.82, 2.24) is 9.55 Å². The molecule has 0 atom stereocenters. The van der Waals surface area contributed by atoms with E-state index in [1.807, 2.05) is 30.7 Å². The molecule has 0 aliphatic carbocycles. The average Bonchev–Trinajstić information content (AvgIpc) is 2.64. The van der Waals surface area contributed by atoms with Crippen LogP contribution in [0.2, 0.25) is 0 Å². The molecule has 0 fully saturated rings. The van der Waals surface area contributed by atoms with Crippen molar-refractivity contribution >= 4 is 0 Å². The monoisotopic (exact) mass is 247 g/mol. The molecule has 0 unspecified atom stereocenters. The second kappa shape index (κ2) is 5.31. The van der Waals surface area contributed by atoms with E-state index in [0.29, 0.717) is 13.0 Å². The molecule has 0 amide bonds. The van der Waals surface area contributed by atoms with Crippen LogP contribution in [-0.4, -0.2) is 9.55 Å². The molecule has 0 radical (unpaired) electrons. The summed E-state index contributed by atoms with van der Waals surface area (Å²) in [7, 11) is 1.96. The molecule has 0 aliphatic rings. The third-order valence-electron chi connectivity index (χ3n) is 3.30. The van der Waals surface area contributed by atoms with E-state index in [-0.39, 0.29) is 5.82 Å². The largest absolute Gasteiger partial charge is 0.334 e. The molecule has 0 saturated carbocycles. The van der Waals surface area contributed by atoms with Gasteiger partial charge >= 0.3 is 0 Å². The number of imidazole rings is 1. The first-order valence-electron chi connectivity index (χ1n) is 6.08. The number of aromatic nitrogens is 2. The topological polar surface area (TPSA) is 43.8 Å². The van der Waals surface area contributed by atoms with Crippen LogP contribution in [0.15, 0.2) is 24.3 Å². The summed E-state index contributed by atoms with van der Waals surface area (Å²) in [6.07, 6.45) is 1.37. The fourth-order valence-corrected chi connectivity index (χ4v) is 2.13. The van der Waals surface area contributed by atoms with Crippen molar-refractivity contribution < 1.29 is 4.39 Å². The van der Waals surface area contributed by atoms with E-state index in [1.165, 1.54) is 6.07 Å². The molecule has 0 spiro atoms. The van der Waals surface area contributed by atoms with Crippen molar-refractivity contribution in [3.05, 3.63) is 52.9 Å². The van der Waals surface area contributed by atoms with Gasteiger partial charge < -0.3 is 10.3 Å². The number of benzene rings is 1. The molecule has 0 saturated heterocycles. The summed E-state index contributed by atoms with van der Waals surface area (Å²) in [5.41, 5.74) is 8.46. The maximum atomic E-state index is 13.5. The highest BCUT2D eigenvalue weighted by Crippen LogP contribution is 2.14. The van der Waals surface area contributed by atoms with Gasteiger partial charge in [-0.05, 0) is 31.4 Å². The lowest BCUT2D eigenvalue weighted by atomic mass is 10.1. The van der Waals surface area contributed by atoms with Gasteiger partial charge in [-0.15, -0.1) is 0 Å². The fourth-order valence-electron chi connectivity index (χ4n) is 2.13. The Labute approximate surface area is 106 Å². The van der Waals surface area contributed by atoms with Gasteiger partial charge in [0.25, 0.3) is 0 Å². The van der Waals surface area contributed by atoms with E-state index in [1.54, 1.807) is 6.07 Å². The Hall–Kier alpha value is -1.68. The van der Waals surface area contributed by atoms with Gasteiger partial charge in [0.2, 0.25) is 0 Å². The second-order valence-corrected chi connectivity index (χ2v) is 4.41. The smallest absolute Gasteiger partial charge is 0.126 e. The van der Waals surface area contributed by atoms with Crippen LogP contribution in [0.1, 0.15) is 22.8 Å². The highest BCUT2D eigenvalue weighted by atomic mass is 19.1. The predicted molar refractivity (Wildman–Crippen MR) is 69.6 cm³/mol. The van der Waals surface area contributed by atoms with Gasteiger partial charge in [0.1, 0.15) is 11.6 Å². The normalized spacial score (nSPS) is 10.9. The molecule has 0 bridgehead atoms. The lowest BCUT2D eigenvalue weighted by Gasteiger charge is -2.04. The molecule has 2 aromatic rings. The van der Waals surface area contributed by atoms with E-state index >= 15 is 0 Å². The highest BCUT2D eigenvalue weighted by Gasteiger charge is 2.11. The summed E-state index contributed by atoms with van der Waals surface area (Å²) in [6, 6.07) is 6.86. The molecule has 4 heteroatoms. The predicted octanol–water partition coefficient (Wildman–Crippen LogP) is 2.11. The third kappa shape index (κ3) is 2.43. The van der Waals surface area contributed by atoms with Crippen molar-refractivity contribution in [1.29, 1.82) is 0 Å². The summed E-state index contributed by atoms with van der Waals surface area (Å²) < 4.78 is 15.5. The first kappa shape index (κ1) is 12.8. The second-order valence-electron chi connectivity index (χ2n) is 4.41. The summed E-state index contributed by atoms with van der Waals surface area (Å²) in [5, 5.41) is 0. The van der Waals surface area contributed by atoms with Crippen LogP contribution in [0.5, 0.6) is 0 Å². The van der Waals surface area contributed by atoms with E-state index in [9.17, 15) is 4.39 Å². The van der Waals surface area contributed by atoms with Crippen LogP contribution in [0.3, 0.4) is 0 Å². The van der Waals surface area contributed by atoms with Crippen LogP contribution in [0.25, 0.3) is 0 Å². The number of nitrogens with zero attached hydrogens (tertiary/aromatic N) is 2. The van der Waals surface area contributed by atoms with Gasteiger partial charge in [-0.25, -0.2) is 9.37 Å². The average molecular weight is 247 g/mol. The zero-order valence-corrected chi connectivity index (χ0v) is 10.8. The summed E-state index contributed by atoms with van der Waals surface area (Å²) in [5.74, 6) is 0.790. The SMILES string of the molecule is Cc1nc(CCc2ccccc2F)c(CN)n1C. The Kier molecular flexibility index (Phi) is 3.77. The van der Waals surface area contributed by atoms with Gasteiger partial charge in [0, 0.05) is 13.6 Å². The van der Waals surface area contributed by atoms with Crippen molar-refractivity contribution in [2.24, 2.45) is 12.8 Å². The zero-order chi connectivity index (χ0) is 13.1. The standard InChI is InChI=1S/C14H18FN3/c1-10-17-13(14(9-16)18(10)2)8-7-11-5-3-4-6-12(11)15/h3-6H,7-9,16H2,1-2H3. The summed E-state index contributed by atoms with van der Waals surface area (Å²) in [4.78, 5) is 4.49. The number of rotatable bonds is 4. The molecule has 1 heterocycles. The van der Waals surface area contributed by atoms with Gasteiger partial charge in [0.05, 0.1) is 11.4 Å². The fraction of sp³-hybridized carbons (Fsp3) is 0.357. The molecular weight excluding hydrogens is 229 g/mol. The minimum atomic E-state index is -0.153. The molecule has 18 heavy (non-hydrogen) atoms. The number of nitrogens with two attached hydrogens (primary N) is 1. The molecule has 3 nitrogen and oxygen atoms in total. The molecular formula is C14H18FN3. The molecule has 96 valence electrons. The first-order chi connectivity index (χ1) is 8.63. The van der Waals surface area contributed by atoms with Gasteiger partial charge in [0.15, 0.2) is 0 Å². The Morgan fingerprint density at radius 2 is 2.00 bits per heavy atom. The number of hydrogen-bond donors (Lipinski definition) is 1. The lowest BCUT2D eigenvalue weighted by molar-refractivity contribution is 0.608. The van der Waals surface area contributed by atoms with E-state index in [2.05, 4.69) is 4.98 Å². The maximum absolute atomic E-state index is 13.5. The van der Waals surface area contributed by atoms with E-state index in [0.717, 1.165) is 29.2 Å². The molecule has 1 aromatic carbocycles. The molecule has 0 aliphatic heterocycles. The van der Waals surface area contributed by atoms with Crippen LogP contribution in [0, 0.1) is 12.7 Å². The number of aryl methyl sites for hydroxylation is 3. The molecule has 2 N–H and O–H groups in total. The lowest BCUT2D eigenvalue weighted by Crippen LogP contribution is -2.07. The Balaban J connectivity index is 2.16. The highest BCUT2D eigenvalue weighted by molar-refractivity contribution is 5.22. The van der Waals surface area contributed by atoms with Crippen molar-refractivity contribution in [3.63, 3.8) is 0 Å². The van der Waals surface area contributed by atoms with Gasteiger partial charge in [-0.3, -0.25) is 0 Å². The molecule has 1 aromatic heterocycles. The Morgan fingerprint density at radius 3 is 2.67 bits per heavy atom. The van der Waals surface area contributed by atoms with Crippen LogP contribution in [-0.2, 0) is 26.4 Å². The number of hydrogen-bond acceptors (Lipinski definition) is 2. The van der Waals surface area contributed by atoms with Gasteiger partial charge in [-0.1, -0.05) is 18.2 Å². The van der Waals surface area contributed by atoms with Crippen LogP contribution >= 0.6 is 0 Å². The van der Waals surface area contributed by atoms with Crippen molar-refractivity contribution in [2.45, 2.75) is 26.3 Å². The van der Waals surface area contributed by atoms with Crippen LogP contribution in [0.4, 0.5) is 4.39 Å². The van der Waals surface area contributed by atoms with Crippen molar-refractivity contribution in [2.75, 3.05) is 0 Å². The first-order valence-corrected chi connectivity index (χ1v) is 6.08. The Bertz CT molecular complexity index is 546. The van der Waals surface area contributed by atoms with Crippen LogP contribution < -0.4 is 5.73 Å². The number of halogens is 1. The summed E-state index contributed by atoms with van der Waals surface area (Å²) >= 11 is 0. The van der Waals surface area contributed by atoms with E-state index in [4.69, 9.17) is 5.73 Å². The summed E-state index contributed by atoms with van der Waals surface area (Å²) in [6.45, 7) is 2.41.